The summed E-state index contributed by atoms with van der Waals surface area (Å²) < 4.78 is 19.8. The topological polar surface area (TPSA) is 29.5 Å². The second kappa shape index (κ2) is 7.97. The number of halogens is 1. The monoisotopic (exact) mass is 375 g/mol. The van der Waals surface area contributed by atoms with E-state index in [-0.39, 0.29) is 23.6 Å². The SMILES string of the molecule is CCN1C(=O)[C@@H](Cc2ccccc2OCc2cccc(F)c2)SC1=S. The first-order valence-corrected chi connectivity index (χ1v) is 9.34. The summed E-state index contributed by atoms with van der Waals surface area (Å²) in [5, 5.41) is -0.216. The fourth-order valence-corrected chi connectivity index (χ4v) is 4.36. The van der Waals surface area contributed by atoms with Gasteiger partial charge < -0.3 is 4.74 Å². The number of nitrogens with zero attached hydrogens (tertiary/aromatic N) is 1. The van der Waals surface area contributed by atoms with Crippen LogP contribution >= 0.6 is 24.0 Å². The number of amides is 1. The fourth-order valence-electron chi connectivity index (χ4n) is 2.71. The highest BCUT2D eigenvalue weighted by Crippen LogP contribution is 2.32. The molecule has 0 unspecified atom stereocenters. The molecule has 1 saturated heterocycles. The second-order valence-electron chi connectivity index (χ2n) is 5.69. The molecule has 2 aromatic carbocycles. The van der Waals surface area contributed by atoms with E-state index in [4.69, 9.17) is 17.0 Å². The molecule has 0 saturated carbocycles. The molecule has 0 spiro atoms. The number of thiocarbonyl (C=S) groups is 1. The van der Waals surface area contributed by atoms with Crippen LogP contribution in [0.4, 0.5) is 4.39 Å². The lowest BCUT2D eigenvalue weighted by Crippen LogP contribution is -2.31. The van der Waals surface area contributed by atoms with Crippen molar-refractivity contribution in [1.29, 1.82) is 0 Å². The minimum Gasteiger partial charge on any atom is -0.489 e. The molecule has 0 aliphatic carbocycles. The Kier molecular flexibility index (Phi) is 5.71. The molecule has 1 aliphatic rings. The summed E-state index contributed by atoms with van der Waals surface area (Å²) in [5.41, 5.74) is 1.71. The highest BCUT2D eigenvalue weighted by atomic mass is 32.2. The highest BCUT2D eigenvalue weighted by Gasteiger charge is 2.36. The third-order valence-electron chi connectivity index (χ3n) is 3.98. The number of thioether (sulfide) groups is 1. The Morgan fingerprint density at radius 1 is 1.24 bits per heavy atom. The first-order valence-electron chi connectivity index (χ1n) is 8.05. The third-order valence-corrected chi connectivity index (χ3v) is 5.57. The second-order valence-corrected chi connectivity index (χ2v) is 7.52. The van der Waals surface area contributed by atoms with Crippen LogP contribution in [0.2, 0.25) is 0 Å². The van der Waals surface area contributed by atoms with Gasteiger partial charge in [-0.2, -0.15) is 0 Å². The lowest BCUT2D eigenvalue weighted by atomic mass is 10.1. The molecule has 25 heavy (non-hydrogen) atoms. The van der Waals surface area contributed by atoms with Gasteiger partial charge in [0.05, 0.1) is 5.25 Å². The van der Waals surface area contributed by atoms with Crippen LogP contribution < -0.4 is 4.74 Å². The average Bonchev–Trinajstić information content (AvgIpc) is 2.87. The smallest absolute Gasteiger partial charge is 0.241 e. The Morgan fingerprint density at radius 3 is 2.76 bits per heavy atom. The minimum absolute atomic E-state index is 0.0532. The first kappa shape index (κ1) is 17.9. The lowest BCUT2D eigenvalue weighted by molar-refractivity contribution is -0.125. The Bertz CT molecular complexity index is 796. The third kappa shape index (κ3) is 4.19. The zero-order valence-corrected chi connectivity index (χ0v) is 15.4. The molecule has 0 radical (unpaired) electrons. The summed E-state index contributed by atoms with van der Waals surface area (Å²) in [5.74, 6) is 0.481. The number of benzene rings is 2. The number of carbonyl (C=O) groups is 1. The quantitative estimate of drug-likeness (QED) is 0.708. The predicted molar refractivity (Wildman–Crippen MR) is 102 cm³/mol. The Morgan fingerprint density at radius 2 is 2.04 bits per heavy atom. The summed E-state index contributed by atoms with van der Waals surface area (Å²) in [7, 11) is 0. The summed E-state index contributed by atoms with van der Waals surface area (Å²) >= 11 is 6.70. The van der Waals surface area contributed by atoms with Gasteiger partial charge >= 0.3 is 0 Å². The number of hydrogen-bond donors (Lipinski definition) is 0. The fraction of sp³-hybridized carbons (Fsp3) is 0.263. The molecule has 1 aliphatic heterocycles. The lowest BCUT2D eigenvalue weighted by Gasteiger charge is -2.14. The van der Waals surface area contributed by atoms with Gasteiger partial charge in [-0.05, 0) is 42.7 Å². The van der Waals surface area contributed by atoms with Gasteiger partial charge in [-0.1, -0.05) is 54.3 Å². The molecular formula is C19H18FNO2S2. The van der Waals surface area contributed by atoms with Gasteiger partial charge in [0.15, 0.2) is 0 Å². The van der Waals surface area contributed by atoms with Crippen LogP contribution in [0.5, 0.6) is 5.75 Å². The van der Waals surface area contributed by atoms with Crippen LogP contribution in [0.15, 0.2) is 48.5 Å². The van der Waals surface area contributed by atoms with Crippen molar-refractivity contribution in [3.05, 3.63) is 65.5 Å². The van der Waals surface area contributed by atoms with Crippen molar-refractivity contribution in [1.82, 2.24) is 4.90 Å². The number of rotatable bonds is 6. The standard InChI is InChI=1S/C19H18FNO2S2/c1-2-21-18(22)17(25-19(21)24)11-14-7-3-4-9-16(14)23-12-13-6-5-8-15(20)10-13/h3-10,17H,2,11-12H2,1H3/t17-/m1/s1. The van der Waals surface area contributed by atoms with Crippen molar-refractivity contribution >= 4 is 34.2 Å². The Balaban J connectivity index is 1.71. The summed E-state index contributed by atoms with van der Waals surface area (Å²) in [6, 6.07) is 14.0. The maximum atomic E-state index is 13.3. The molecule has 3 nitrogen and oxygen atoms in total. The molecule has 6 heteroatoms. The van der Waals surface area contributed by atoms with E-state index >= 15 is 0 Å². The number of hydrogen-bond acceptors (Lipinski definition) is 4. The van der Waals surface area contributed by atoms with Crippen LogP contribution in [-0.2, 0) is 17.8 Å². The highest BCUT2D eigenvalue weighted by molar-refractivity contribution is 8.24. The van der Waals surface area contributed by atoms with E-state index in [1.807, 2.05) is 37.3 Å². The molecule has 3 rings (SSSR count). The van der Waals surface area contributed by atoms with Crippen molar-refractivity contribution in [2.24, 2.45) is 0 Å². The molecule has 0 bridgehead atoms. The van der Waals surface area contributed by atoms with E-state index < -0.39 is 0 Å². The molecule has 130 valence electrons. The number of ether oxygens (including phenoxy) is 1. The normalized spacial score (nSPS) is 17.2. The Hall–Kier alpha value is -1.92. The van der Waals surface area contributed by atoms with Gasteiger partial charge in [-0.25, -0.2) is 4.39 Å². The molecule has 1 amide bonds. The van der Waals surface area contributed by atoms with Crippen LogP contribution in [0.1, 0.15) is 18.1 Å². The molecule has 0 N–H and O–H groups in total. The molecule has 1 atom stereocenters. The predicted octanol–water partition coefficient (Wildman–Crippen LogP) is 4.20. The largest absolute Gasteiger partial charge is 0.489 e. The maximum Gasteiger partial charge on any atom is 0.241 e. The van der Waals surface area contributed by atoms with Crippen molar-refractivity contribution in [2.45, 2.75) is 25.2 Å². The van der Waals surface area contributed by atoms with Gasteiger partial charge in [0.2, 0.25) is 5.91 Å². The molecule has 1 fully saturated rings. The van der Waals surface area contributed by atoms with E-state index in [1.165, 1.54) is 23.9 Å². The van der Waals surface area contributed by atoms with E-state index in [0.717, 1.165) is 11.1 Å². The molecular weight excluding hydrogens is 357 g/mol. The van der Waals surface area contributed by atoms with E-state index in [9.17, 15) is 9.18 Å². The van der Waals surface area contributed by atoms with Gasteiger partial charge in [0.1, 0.15) is 22.5 Å². The van der Waals surface area contributed by atoms with E-state index in [0.29, 0.717) is 23.0 Å². The van der Waals surface area contributed by atoms with Gasteiger partial charge in [0, 0.05) is 6.54 Å². The van der Waals surface area contributed by atoms with E-state index in [1.54, 1.807) is 11.0 Å². The van der Waals surface area contributed by atoms with Gasteiger partial charge in [0.25, 0.3) is 0 Å². The van der Waals surface area contributed by atoms with Crippen LogP contribution in [0.3, 0.4) is 0 Å². The summed E-state index contributed by atoms with van der Waals surface area (Å²) in [6.07, 6.45) is 0.555. The average molecular weight is 375 g/mol. The van der Waals surface area contributed by atoms with Crippen LogP contribution in [0, 0.1) is 5.82 Å². The van der Waals surface area contributed by atoms with E-state index in [2.05, 4.69) is 0 Å². The zero-order chi connectivity index (χ0) is 17.8. The summed E-state index contributed by atoms with van der Waals surface area (Å²) in [4.78, 5) is 14.1. The van der Waals surface area contributed by atoms with Crippen LogP contribution in [-0.4, -0.2) is 26.9 Å². The van der Waals surface area contributed by atoms with Crippen molar-refractivity contribution in [3.8, 4) is 5.75 Å². The van der Waals surface area contributed by atoms with Crippen LogP contribution in [0.25, 0.3) is 0 Å². The van der Waals surface area contributed by atoms with Crippen molar-refractivity contribution < 1.29 is 13.9 Å². The Labute approximate surface area is 156 Å². The molecule has 1 heterocycles. The van der Waals surface area contributed by atoms with Gasteiger partial charge in [-0.3, -0.25) is 9.69 Å². The minimum atomic E-state index is -0.282. The van der Waals surface area contributed by atoms with Crippen molar-refractivity contribution in [2.75, 3.05) is 6.54 Å². The molecule has 0 aromatic heterocycles. The maximum absolute atomic E-state index is 13.3. The first-order chi connectivity index (χ1) is 12.1. The summed E-state index contributed by atoms with van der Waals surface area (Å²) in [6.45, 7) is 2.79. The van der Waals surface area contributed by atoms with Crippen molar-refractivity contribution in [3.63, 3.8) is 0 Å². The molecule has 2 aromatic rings. The number of carbonyl (C=O) groups excluding carboxylic acids is 1. The zero-order valence-electron chi connectivity index (χ0n) is 13.8. The van der Waals surface area contributed by atoms with Gasteiger partial charge in [-0.15, -0.1) is 0 Å². The number of para-hydroxylation sites is 1.